The molecule has 0 amide bonds. The molecule has 3 heteroatoms. The highest BCUT2D eigenvalue weighted by Crippen LogP contribution is 2.00. The molecule has 3 nitrogen and oxygen atoms in total. The standard InChI is InChI=1S/C6H6O2.C2H7N/c7-5-1-2-6(8)4-3-5;1-2-3/h1-2H,3-4H2;2-3H2,1H3. The van der Waals surface area contributed by atoms with Gasteiger partial charge < -0.3 is 5.73 Å². The number of hydrogen-bond donors (Lipinski definition) is 1. The summed E-state index contributed by atoms with van der Waals surface area (Å²) in [4.78, 5) is 20.7. The van der Waals surface area contributed by atoms with Crippen molar-refractivity contribution in [2.45, 2.75) is 19.8 Å². The van der Waals surface area contributed by atoms with Gasteiger partial charge in [0.2, 0.25) is 0 Å². The monoisotopic (exact) mass is 155 g/mol. The summed E-state index contributed by atoms with van der Waals surface area (Å²) in [6.45, 7) is 2.65. The number of ketones is 2. The summed E-state index contributed by atoms with van der Waals surface area (Å²) < 4.78 is 0. The lowest BCUT2D eigenvalue weighted by molar-refractivity contribution is -0.121. The van der Waals surface area contributed by atoms with Gasteiger partial charge in [0.1, 0.15) is 0 Å². The third kappa shape index (κ3) is 5.48. The quantitative estimate of drug-likeness (QED) is 0.552. The van der Waals surface area contributed by atoms with Crippen LogP contribution in [-0.2, 0) is 9.59 Å². The summed E-state index contributed by atoms with van der Waals surface area (Å²) in [6.07, 6.45) is 3.47. The molecule has 0 fully saturated rings. The minimum Gasteiger partial charge on any atom is -0.331 e. The van der Waals surface area contributed by atoms with E-state index in [0.717, 1.165) is 6.54 Å². The molecule has 0 spiro atoms. The molecular formula is C8H13NO2. The molecule has 0 unspecified atom stereocenters. The van der Waals surface area contributed by atoms with Crippen molar-refractivity contribution in [1.29, 1.82) is 0 Å². The maximum atomic E-state index is 10.4. The topological polar surface area (TPSA) is 60.2 Å². The zero-order valence-corrected chi connectivity index (χ0v) is 6.67. The second-order valence-corrected chi connectivity index (χ2v) is 2.17. The molecule has 0 saturated carbocycles. The maximum absolute atomic E-state index is 10.4. The minimum absolute atomic E-state index is 0.0598. The van der Waals surface area contributed by atoms with Gasteiger partial charge in [0.25, 0.3) is 0 Å². The zero-order valence-electron chi connectivity index (χ0n) is 6.67. The molecule has 1 rings (SSSR count). The van der Waals surface area contributed by atoms with Crippen LogP contribution in [0.5, 0.6) is 0 Å². The third-order valence-electron chi connectivity index (χ3n) is 1.07. The molecule has 0 aromatic rings. The van der Waals surface area contributed by atoms with Gasteiger partial charge in [-0.3, -0.25) is 9.59 Å². The fraction of sp³-hybridized carbons (Fsp3) is 0.500. The molecule has 62 valence electrons. The number of allylic oxidation sites excluding steroid dienone is 2. The Morgan fingerprint density at radius 1 is 1.27 bits per heavy atom. The first kappa shape index (κ1) is 10.0. The fourth-order valence-electron chi connectivity index (χ4n) is 0.599. The molecule has 0 atom stereocenters. The zero-order chi connectivity index (χ0) is 8.69. The molecule has 1 aliphatic rings. The van der Waals surface area contributed by atoms with Crippen LogP contribution in [0, 0.1) is 0 Å². The Hall–Kier alpha value is -0.960. The Labute approximate surface area is 66.3 Å². The molecule has 0 aliphatic heterocycles. The average molecular weight is 155 g/mol. The first-order valence-corrected chi connectivity index (χ1v) is 3.64. The third-order valence-corrected chi connectivity index (χ3v) is 1.07. The Kier molecular flexibility index (Phi) is 5.29. The van der Waals surface area contributed by atoms with Crippen LogP contribution >= 0.6 is 0 Å². The van der Waals surface area contributed by atoms with Crippen molar-refractivity contribution in [3.8, 4) is 0 Å². The van der Waals surface area contributed by atoms with Crippen LogP contribution in [0.2, 0.25) is 0 Å². The molecule has 0 saturated heterocycles. The van der Waals surface area contributed by atoms with Crippen molar-refractivity contribution in [2.24, 2.45) is 5.73 Å². The van der Waals surface area contributed by atoms with Gasteiger partial charge in [-0.05, 0) is 18.7 Å². The van der Waals surface area contributed by atoms with Gasteiger partial charge in [0.15, 0.2) is 11.6 Å². The van der Waals surface area contributed by atoms with E-state index in [1.807, 2.05) is 6.92 Å². The fourth-order valence-corrected chi connectivity index (χ4v) is 0.599. The van der Waals surface area contributed by atoms with E-state index in [4.69, 9.17) is 5.73 Å². The van der Waals surface area contributed by atoms with Crippen molar-refractivity contribution in [2.75, 3.05) is 6.54 Å². The number of carbonyl (C=O) groups is 2. The molecular weight excluding hydrogens is 142 g/mol. The molecule has 0 heterocycles. The first-order chi connectivity index (χ1) is 5.20. The molecule has 0 bridgehead atoms. The van der Waals surface area contributed by atoms with Crippen molar-refractivity contribution < 1.29 is 9.59 Å². The summed E-state index contributed by atoms with van der Waals surface area (Å²) in [5, 5.41) is 0. The van der Waals surface area contributed by atoms with E-state index in [1.54, 1.807) is 0 Å². The molecule has 11 heavy (non-hydrogen) atoms. The Morgan fingerprint density at radius 3 is 1.73 bits per heavy atom. The lowest BCUT2D eigenvalue weighted by atomic mass is 10.1. The van der Waals surface area contributed by atoms with E-state index in [1.165, 1.54) is 12.2 Å². The highest BCUT2D eigenvalue weighted by Gasteiger charge is 2.06. The Balaban J connectivity index is 0.000000292. The van der Waals surface area contributed by atoms with Crippen LogP contribution in [-0.4, -0.2) is 18.1 Å². The first-order valence-electron chi connectivity index (χ1n) is 3.64. The van der Waals surface area contributed by atoms with Crippen molar-refractivity contribution >= 4 is 11.6 Å². The molecule has 0 aromatic carbocycles. The maximum Gasteiger partial charge on any atom is 0.156 e. The summed E-state index contributed by atoms with van der Waals surface area (Å²) in [5.41, 5.74) is 4.85. The van der Waals surface area contributed by atoms with Crippen LogP contribution in [0.1, 0.15) is 19.8 Å². The largest absolute Gasteiger partial charge is 0.331 e. The van der Waals surface area contributed by atoms with Gasteiger partial charge in [-0.2, -0.15) is 0 Å². The summed E-state index contributed by atoms with van der Waals surface area (Å²) in [6, 6.07) is 0. The molecule has 2 N–H and O–H groups in total. The summed E-state index contributed by atoms with van der Waals surface area (Å²) >= 11 is 0. The number of hydrogen-bond acceptors (Lipinski definition) is 3. The molecule has 1 aliphatic carbocycles. The SMILES string of the molecule is CCN.O=C1C=CC(=O)CC1. The van der Waals surface area contributed by atoms with Gasteiger partial charge in [-0.25, -0.2) is 0 Å². The summed E-state index contributed by atoms with van der Waals surface area (Å²) in [7, 11) is 0. The van der Waals surface area contributed by atoms with Crippen molar-refractivity contribution in [3.63, 3.8) is 0 Å². The number of carbonyl (C=O) groups excluding carboxylic acids is 2. The van der Waals surface area contributed by atoms with Gasteiger partial charge in [0, 0.05) is 12.8 Å². The van der Waals surface area contributed by atoms with E-state index < -0.39 is 0 Å². The lowest BCUT2D eigenvalue weighted by Crippen LogP contribution is -2.05. The minimum atomic E-state index is 0.0598. The average Bonchev–Trinajstić information content (AvgIpc) is 1.97. The van der Waals surface area contributed by atoms with Crippen molar-refractivity contribution in [1.82, 2.24) is 0 Å². The predicted octanol–water partition coefficient (Wildman–Crippen LogP) is 0.440. The Morgan fingerprint density at radius 2 is 1.55 bits per heavy atom. The van der Waals surface area contributed by atoms with Gasteiger partial charge >= 0.3 is 0 Å². The highest BCUT2D eigenvalue weighted by atomic mass is 16.1. The van der Waals surface area contributed by atoms with Gasteiger partial charge in [-0.15, -0.1) is 0 Å². The van der Waals surface area contributed by atoms with Gasteiger partial charge in [0.05, 0.1) is 0 Å². The smallest absolute Gasteiger partial charge is 0.156 e. The predicted molar refractivity (Wildman–Crippen MR) is 43.1 cm³/mol. The molecule has 0 aromatic heterocycles. The molecule has 0 radical (unpaired) electrons. The van der Waals surface area contributed by atoms with Crippen LogP contribution in [0.15, 0.2) is 12.2 Å². The summed E-state index contributed by atoms with van der Waals surface area (Å²) in [5.74, 6) is 0.120. The highest BCUT2D eigenvalue weighted by molar-refractivity contribution is 6.04. The second kappa shape index (κ2) is 5.80. The van der Waals surface area contributed by atoms with Crippen LogP contribution in [0.25, 0.3) is 0 Å². The van der Waals surface area contributed by atoms with Crippen LogP contribution in [0.3, 0.4) is 0 Å². The van der Waals surface area contributed by atoms with E-state index in [0.29, 0.717) is 12.8 Å². The number of rotatable bonds is 0. The van der Waals surface area contributed by atoms with E-state index >= 15 is 0 Å². The van der Waals surface area contributed by atoms with Crippen LogP contribution < -0.4 is 5.73 Å². The van der Waals surface area contributed by atoms with Gasteiger partial charge in [-0.1, -0.05) is 6.92 Å². The van der Waals surface area contributed by atoms with E-state index in [-0.39, 0.29) is 11.6 Å². The lowest BCUT2D eigenvalue weighted by Gasteiger charge is -1.96. The van der Waals surface area contributed by atoms with Crippen molar-refractivity contribution in [3.05, 3.63) is 12.2 Å². The second-order valence-electron chi connectivity index (χ2n) is 2.17. The number of nitrogens with two attached hydrogens (primary N) is 1. The van der Waals surface area contributed by atoms with E-state index in [2.05, 4.69) is 0 Å². The van der Waals surface area contributed by atoms with E-state index in [9.17, 15) is 9.59 Å². The Bertz CT molecular complexity index is 155. The van der Waals surface area contributed by atoms with Crippen LogP contribution in [0.4, 0.5) is 0 Å². The normalized spacial score (nSPS) is 15.8.